The second-order valence-corrected chi connectivity index (χ2v) is 6.62. The van der Waals surface area contributed by atoms with E-state index in [1.807, 2.05) is 12.5 Å². The first-order valence-electron chi connectivity index (χ1n) is 8.15. The second-order valence-electron chi connectivity index (χ2n) is 6.62. The molecule has 0 radical (unpaired) electrons. The fraction of sp³-hybridized carbons (Fsp3) is 0.750. The van der Waals surface area contributed by atoms with Crippen molar-refractivity contribution in [2.75, 3.05) is 6.54 Å². The van der Waals surface area contributed by atoms with Crippen LogP contribution in [-0.2, 0) is 17.8 Å². The normalized spacial score (nSPS) is 24.9. The van der Waals surface area contributed by atoms with Crippen LogP contribution in [0.1, 0.15) is 50.6 Å². The summed E-state index contributed by atoms with van der Waals surface area (Å²) in [6.45, 7) is 1.26. The van der Waals surface area contributed by atoms with Gasteiger partial charge in [0.1, 0.15) is 0 Å². The molecule has 0 bridgehead atoms. The standard InChI is InChI=1S/C16H25N3O2/c20-15(13-5-8-19-12-17-10-14(19)9-13)18-11-16(21)6-3-1-2-4-7-16/h10,12-13,21H,1-9,11H2,(H,18,20). The molecule has 1 fully saturated rings. The molecule has 5 heteroatoms. The van der Waals surface area contributed by atoms with Crippen molar-refractivity contribution in [3.05, 3.63) is 18.2 Å². The molecule has 0 aromatic carbocycles. The lowest BCUT2D eigenvalue weighted by molar-refractivity contribution is -0.127. The number of aliphatic hydroxyl groups is 1. The maximum absolute atomic E-state index is 12.3. The minimum Gasteiger partial charge on any atom is -0.388 e. The van der Waals surface area contributed by atoms with Gasteiger partial charge in [-0.25, -0.2) is 4.98 Å². The van der Waals surface area contributed by atoms with Crippen LogP contribution in [-0.4, -0.2) is 32.7 Å². The summed E-state index contributed by atoms with van der Waals surface area (Å²) in [5.41, 5.74) is 0.442. The Bertz CT molecular complexity index is 489. The lowest BCUT2D eigenvalue weighted by Gasteiger charge is -2.29. The van der Waals surface area contributed by atoms with E-state index in [1.165, 1.54) is 12.8 Å². The zero-order valence-electron chi connectivity index (χ0n) is 12.6. The predicted molar refractivity (Wildman–Crippen MR) is 79.7 cm³/mol. The Hall–Kier alpha value is -1.36. The van der Waals surface area contributed by atoms with Gasteiger partial charge in [0.2, 0.25) is 5.91 Å². The number of rotatable bonds is 3. The summed E-state index contributed by atoms with van der Waals surface area (Å²) >= 11 is 0. The fourth-order valence-electron chi connectivity index (χ4n) is 3.55. The number of amides is 1. The molecule has 1 aromatic rings. The van der Waals surface area contributed by atoms with Gasteiger partial charge in [0, 0.05) is 37.3 Å². The predicted octanol–water partition coefficient (Wildman–Crippen LogP) is 1.65. The van der Waals surface area contributed by atoms with E-state index < -0.39 is 5.60 Å². The SMILES string of the molecule is O=C(NCC1(O)CCCCCC1)C1CCn2cncc2C1. The number of carbonyl (C=O) groups excluding carboxylic acids is 1. The molecule has 2 aliphatic rings. The van der Waals surface area contributed by atoms with Crippen molar-refractivity contribution < 1.29 is 9.90 Å². The molecule has 21 heavy (non-hydrogen) atoms. The molecule has 1 aliphatic carbocycles. The van der Waals surface area contributed by atoms with Gasteiger partial charge in [0.15, 0.2) is 0 Å². The molecule has 3 rings (SSSR count). The number of imidazole rings is 1. The summed E-state index contributed by atoms with van der Waals surface area (Å²) in [6.07, 6.45) is 11.4. The number of nitrogens with zero attached hydrogens (tertiary/aromatic N) is 2. The number of aryl methyl sites for hydroxylation is 1. The molecule has 2 N–H and O–H groups in total. The molecule has 1 unspecified atom stereocenters. The summed E-state index contributed by atoms with van der Waals surface area (Å²) in [7, 11) is 0. The molecule has 1 amide bonds. The molecular formula is C16H25N3O2. The lowest BCUT2D eigenvalue weighted by Crippen LogP contribution is -2.45. The van der Waals surface area contributed by atoms with Gasteiger partial charge < -0.3 is 15.0 Å². The maximum Gasteiger partial charge on any atom is 0.223 e. The van der Waals surface area contributed by atoms with Crippen molar-refractivity contribution in [3.63, 3.8) is 0 Å². The quantitative estimate of drug-likeness (QED) is 0.832. The largest absolute Gasteiger partial charge is 0.388 e. The topological polar surface area (TPSA) is 67.2 Å². The Labute approximate surface area is 125 Å². The van der Waals surface area contributed by atoms with E-state index in [4.69, 9.17) is 0 Å². The first-order chi connectivity index (χ1) is 10.2. The van der Waals surface area contributed by atoms with Crippen molar-refractivity contribution in [1.82, 2.24) is 14.9 Å². The highest BCUT2D eigenvalue weighted by Gasteiger charge is 2.30. The summed E-state index contributed by atoms with van der Waals surface area (Å²) in [4.78, 5) is 16.5. The van der Waals surface area contributed by atoms with Crippen molar-refractivity contribution in [2.45, 2.75) is 63.5 Å². The summed E-state index contributed by atoms with van der Waals surface area (Å²) in [5.74, 6) is 0.101. The maximum atomic E-state index is 12.3. The number of hydrogen-bond acceptors (Lipinski definition) is 3. The average Bonchev–Trinajstić information content (AvgIpc) is 2.85. The Morgan fingerprint density at radius 3 is 2.90 bits per heavy atom. The first-order valence-corrected chi connectivity index (χ1v) is 8.15. The third-order valence-corrected chi connectivity index (χ3v) is 4.97. The molecule has 0 saturated heterocycles. The molecule has 2 heterocycles. The van der Waals surface area contributed by atoms with Crippen LogP contribution in [0.15, 0.2) is 12.5 Å². The third-order valence-electron chi connectivity index (χ3n) is 4.97. The number of aromatic nitrogens is 2. The smallest absolute Gasteiger partial charge is 0.223 e. The van der Waals surface area contributed by atoms with Gasteiger partial charge in [-0.2, -0.15) is 0 Å². The first kappa shape index (κ1) is 14.6. The van der Waals surface area contributed by atoms with E-state index in [2.05, 4.69) is 14.9 Å². The molecule has 1 aliphatic heterocycles. The number of nitrogens with one attached hydrogen (secondary N) is 1. The highest BCUT2D eigenvalue weighted by molar-refractivity contribution is 5.79. The van der Waals surface area contributed by atoms with Crippen LogP contribution in [0, 0.1) is 5.92 Å². The van der Waals surface area contributed by atoms with E-state index in [0.29, 0.717) is 6.54 Å². The van der Waals surface area contributed by atoms with E-state index in [1.54, 1.807) is 0 Å². The Kier molecular flexibility index (Phi) is 4.29. The van der Waals surface area contributed by atoms with Crippen molar-refractivity contribution in [3.8, 4) is 0 Å². The monoisotopic (exact) mass is 291 g/mol. The number of fused-ring (bicyclic) bond motifs is 1. The average molecular weight is 291 g/mol. The van der Waals surface area contributed by atoms with E-state index in [0.717, 1.165) is 50.8 Å². The van der Waals surface area contributed by atoms with Crippen LogP contribution in [0.25, 0.3) is 0 Å². The molecule has 1 atom stereocenters. The van der Waals surface area contributed by atoms with Gasteiger partial charge in [-0.15, -0.1) is 0 Å². The fourth-order valence-corrected chi connectivity index (χ4v) is 3.55. The molecule has 1 aromatic heterocycles. The van der Waals surface area contributed by atoms with Crippen LogP contribution in [0.2, 0.25) is 0 Å². The van der Waals surface area contributed by atoms with Crippen LogP contribution >= 0.6 is 0 Å². The molecule has 1 saturated carbocycles. The zero-order chi connectivity index (χ0) is 14.7. The van der Waals surface area contributed by atoms with Gasteiger partial charge in [0.05, 0.1) is 11.9 Å². The molecular weight excluding hydrogens is 266 g/mol. The molecule has 5 nitrogen and oxygen atoms in total. The highest BCUT2D eigenvalue weighted by Crippen LogP contribution is 2.27. The number of carbonyl (C=O) groups is 1. The summed E-state index contributed by atoms with van der Waals surface area (Å²) < 4.78 is 2.11. The van der Waals surface area contributed by atoms with Crippen molar-refractivity contribution in [2.24, 2.45) is 5.92 Å². The van der Waals surface area contributed by atoms with E-state index >= 15 is 0 Å². The van der Waals surface area contributed by atoms with Crippen LogP contribution in [0.4, 0.5) is 0 Å². The number of hydrogen-bond donors (Lipinski definition) is 2. The van der Waals surface area contributed by atoms with Gasteiger partial charge in [-0.3, -0.25) is 4.79 Å². The minimum atomic E-state index is -0.692. The second kappa shape index (κ2) is 6.18. The van der Waals surface area contributed by atoms with Crippen molar-refractivity contribution >= 4 is 5.91 Å². The Balaban J connectivity index is 1.52. The van der Waals surface area contributed by atoms with Gasteiger partial charge in [-0.05, 0) is 19.3 Å². The summed E-state index contributed by atoms with van der Waals surface area (Å²) in [6, 6.07) is 0. The van der Waals surface area contributed by atoms with Crippen LogP contribution < -0.4 is 5.32 Å². The Morgan fingerprint density at radius 2 is 2.14 bits per heavy atom. The molecule has 116 valence electrons. The van der Waals surface area contributed by atoms with E-state index in [-0.39, 0.29) is 11.8 Å². The van der Waals surface area contributed by atoms with E-state index in [9.17, 15) is 9.90 Å². The van der Waals surface area contributed by atoms with Gasteiger partial charge >= 0.3 is 0 Å². The van der Waals surface area contributed by atoms with Crippen molar-refractivity contribution in [1.29, 1.82) is 0 Å². The molecule has 0 spiro atoms. The minimum absolute atomic E-state index is 0.0172. The highest BCUT2D eigenvalue weighted by atomic mass is 16.3. The Morgan fingerprint density at radius 1 is 1.38 bits per heavy atom. The van der Waals surface area contributed by atoms with Crippen LogP contribution in [0.3, 0.4) is 0 Å². The van der Waals surface area contributed by atoms with Crippen LogP contribution in [0.5, 0.6) is 0 Å². The van der Waals surface area contributed by atoms with Gasteiger partial charge in [-0.1, -0.05) is 25.7 Å². The zero-order valence-corrected chi connectivity index (χ0v) is 12.6. The lowest BCUT2D eigenvalue weighted by atomic mass is 9.92. The summed E-state index contributed by atoms with van der Waals surface area (Å²) in [5, 5.41) is 13.6. The third kappa shape index (κ3) is 3.46. The van der Waals surface area contributed by atoms with Gasteiger partial charge in [0.25, 0.3) is 0 Å².